The normalized spacial score (nSPS) is 20.7. The Labute approximate surface area is 193 Å². The lowest BCUT2D eigenvalue weighted by molar-refractivity contribution is -0.142. The number of ether oxygens (including phenoxy) is 1. The van der Waals surface area contributed by atoms with Crippen LogP contribution in [0.15, 0.2) is 24.3 Å². The van der Waals surface area contributed by atoms with Gasteiger partial charge in [0.15, 0.2) is 0 Å². The molecule has 2 aliphatic heterocycles. The zero-order chi connectivity index (χ0) is 23.6. The molecule has 2 heterocycles. The van der Waals surface area contributed by atoms with Crippen molar-refractivity contribution in [2.24, 2.45) is 0 Å². The Morgan fingerprint density at radius 3 is 2.42 bits per heavy atom. The van der Waals surface area contributed by atoms with Crippen LogP contribution in [0.3, 0.4) is 0 Å². The van der Waals surface area contributed by atoms with E-state index in [9.17, 15) is 19.2 Å². The van der Waals surface area contributed by atoms with Crippen LogP contribution in [-0.2, 0) is 19.1 Å². The molecule has 1 unspecified atom stereocenters. The van der Waals surface area contributed by atoms with E-state index in [0.29, 0.717) is 31.7 Å². The summed E-state index contributed by atoms with van der Waals surface area (Å²) in [5, 5.41) is 5.57. The van der Waals surface area contributed by atoms with Crippen molar-refractivity contribution in [1.29, 1.82) is 0 Å². The Morgan fingerprint density at radius 1 is 1.15 bits per heavy atom. The van der Waals surface area contributed by atoms with Crippen molar-refractivity contribution in [2.75, 3.05) is 50.1 Å². The summed E-state index contributed by atoms with van der Waals surface area (Å²) in [6.07, 6.45) is 2.93. The van der Waals surface area contributed by atoms with Crippen LogP contribution in [0.2, 0.25) is 0 Å². The quantitative estimate of drug-likeness (QED) is 0.621. The summed E-state index contributed by atoms with van der Waals surface area (Å²) in [4.78, 5) is 55.2. The van der Waals surface area contributed by atoms with Gasteiger partial charge in [-0.05, 0) is 44.0 Å². The van der Waals surface area contributed by atoms with Crippen molar-refractivity contribution in [3.8, 4) is 0 Å². The molecule has 1 aromatic carbocycles. The Bertz CT molecular complexity index is 922. The highest BCUT2D eigenvalue weighted by molar-refractivity contribution is 6.10. The van der Waals surface area contributed by atoms with Crippen LogP contribution >= 0.6 is 0 Å². The molecule has 10 nitrogen and oxygen atoms in total. The van der Waals surface area contributed by atoms with E-state index in [2.05, 4.69) is 15.5 Å². The van der Waals surface area contributed by atoms with Gasteiger partial charge in [-0.25, -0.2) is 9.69 Å². The Balaban J connectivity index is 1.31. The summed E-state index contributed by atoms with van der Waals surface area (Å²) in [5.74, 6) is -1.17. The second-order valence-electron chi connectivity index (χ2n) is 8.96. The largest absolute Gasteiger partial charge is 0.378 e. The third-order valence-electron chi connectivity index (χ3n) is 6.68. The molecule has 5 amide bonds. The van der Waals surface area contributed by atoms with Crippen LogP contribution in [-0.4, -0.2) is 85.0 Å². The van der Waals surface area contributed by atoms with Crippen LogP contribution in [0.25, 0.3) is 0 Å². The smallest absolute Gasteiger partial charge is 0.325 e. The highest BCUT2D eigenvalue weighted by Crippen LogP contribution is 2.35. The molecule has 2 saturated heterocycles. The molecule has 0 radical (unpaired) electrons. The summed E-state index contributed by atoms with van der Waals surface area (Å²) in [6.45, 7) is 4.38. The number of nitrogens with one attached hydrogen (secondary N) is 2. The number of rotatable bonds is 6. The van der Waals surface area contributed by atoms with Gasteiger partial charge in [0.05, 0.1) is 19.8 Å². The lowest BCUT2D eigenvalue weighted by atomic mass is 9.97. The number of carbonyl (C=O) groups excluding carboxylic acids is 4. The number of hydrogen-bond donors (Lipinski definition) is 2. The number of nitrogens with zero attached hydrogens (tertiary/aromatic N) is 3. The molecular formula is C23H31N5O5. The Hall–Kier alpha value is -3.14. The van der Waals surface area contributed by atoms with E-state index < -0.39 is 23.5 Å². The van der Waals surface area contributed by atoms with Crippen molar-refractivity contribution in [2.45, 2.75) is 44.2 Å². The van der Waals surface area contributed by atoms with Gasteiger partial charge >= 0.3 is 6.03 Å². The second kappa shape index (κ2) is 9.38. The highest BCUT2D eigenvalue weighted by Gasteiger charge is 2.54. The SMILES string of the molecule is CC(C(=O)N(C)CC(=O)Nc1ccc(N2CCOCC2)cc1)N1C(=O)NC2(CCCC2)C1=O. The molecule has 1 atom stereocenters. The van der Waals surface area contributed by atoms with Crippen molar-refractivity contribution in [3.05, 3.63) is 24.3 Å². The van der Waals surface area contributed by atoms with Crippen LogP contribution in [0.1, 0.15) is 32.6 Å². The minimum absolute atomic E-state index is 0.191. The second-order valence-corrected chi connectivity index (χ2v) is 8.96. The van der Waals surface area contributed by atoms with E-state index in [1.165, 1.54) is 18.9 Å². The van der Waals surface area contributed by atoms with Gasteiger partial charge in [0.1, 0.15) is 11.6 Å². The third kappa shape index (κ3) is 4.66. The Morgan fingerprint density at radius 2 is 1.79 bits per heavy atom. The van der Waals surface area contributed by atoms with E-state index in [4.69, 9.17) is 4.74 Å². The predicted molar refractivity (Wildman–Crippen MR) is 122 cm³/mol. The van der Waals surface area contributed by atoms with Crippen LogP contribution in [0, 0.1) is 0 Å². The van der Waals surface area contributed by atoms with Gasteiger partial charge < -0.3 is 25.2 Å². The number of morpholine rings is 1. The third-order valence-corrected chi connectivity index (χ3v) is 6.68. The maximum atomic E-state index is 12.9. The summed E-state index contributed by atoms with van der Waals surface area (Å²) < 4.78 is 5.36. The summed E-state index contributed by atoms with van der Waals surface area (Å²) in [5.41, 5.74) is 0.823. The predicted octanol–water partition coefficient (Wildman–Crippen LogP) is 1.17. The Kier molecular flexibility index (Phi) is 6.55. The zero-order valence-electron chi connectivity index (χ0n) is 19.1. The monoisotopic (exact) mass is 457 g/mol. The molecule has 178 valence electrons. The molecule has 2 N–H and O–H groups in total. The number of likely N-dealkylation sites (N-methyl/N-ethyl adjacent to an activating group) is 1. The summed E-state index contributed by atoms with van der Waals surface area (Å²) in [6, 6.07) is 6.00. The summed E-state index contributed by atoms with van der Waals surface area (Å²) >= 11 is 0. The van der Waals surface area contributed by atoms with Gasteiger partial charge in [-0.15, -0.1) is 0 Å². The fourth-order valence-corrected chi connectivity index (χ4v) is 4.81. The van der Waals surface area contributed by atoms with Gasteiger partial charge in [-0.3, -0.25) is 14.4 Å². The molecule has 1 saturated carbocycles. The molecule has 1 spiro atoms. The van der Waals surface area contributed by atoms with Crippen molar-refractivity contribution < 1.29 is 23.9 Å². The molecule has 1 aromatic rings. The molecule has 33 heavy (non-hydrogen) atoms. The van der Waals surface area contributed by atoms with Crippen molar-refractivity contribution >= 4 is 35.1 Å². The first-order valence-corrected chi connectivity index (χ1v) is 11.4. The van der Waals surface area contributed by atoms with Crippen LogP contribution in [0.5, 0.6) is 0 Å². The number of amides is 5. The number of anilines is 2. The minimum Gasteiger partial charge on any atom is -0.378 e. The van der Waals surface area contributed by atoms with E-state index in [1.54, 1.807) is 0 Å². The van der Waals surface area contributed by atoms with Crippen molar-refractivity contribution in [3.63, 3.8) is 0 Å². The van der Waals surface area contributed by atoms with Crippen molar-refractivity contribution in [1.82, 2.24) is 15.1 Å². The first-order chi connectivity index (χ1) is 15.8. The fourth-order valence-electron chi connectivity index (χ4n) is 4.81. The van der Waals surface area contributed by atoms with Gasteiger partial charge in [0.2, 0.25) is 11.8 Å². The molecule has 3 aliphatic rings. The fraction of sp³-hybridized carbons (Fsp3) is 0.565. The zero-order valence-corrected chi connectivity index (χ0v) is 19.1. The van der Waals surface area contributed by atoms with Gasteiger partial charge in [-0.1, -0.05) is 12.8 Å². The minimum atomic E-state index is -0.983. The molecule has 10 heteroatoms. The van der Waals surface area contributed by atoms with Crippen LogP contribution < -0.4 is 15.5 Å². The topological polar surface area (TPSA) is 111 Å². The first kappa shape index (κ1) is 23.0. The summed E-state index contributed by atoms with van der Waals surface area (Å²) in [7, 11) is 1.49. The number of hydrogen-bond acceptors (Lipinski definition) is 6. The van der Waals surface area contributed by atoms with Gasteiger partial charge in [-0.2, -0.15) is 0 Å². The maximum Gasteiger partial charge on any atom is 0.325 e. The maximum absolute atomic E-state index is 12.9. The first-order valence-electron chi connectivity index (χ1n) is 11.4. The highest BCUT2D eigenvalue weighted by atomic mass is 16.5. The van der Waals surface area contributed by atoms with Crippen LogP contribution in [0.4, 0.5) is 16.2 Å². The molecular weight excluding hydrogens is 426 g/mol. The molecule has 4 rings (SSSR count). The lowest BCUT2D eigenvalue weighted by Crippen LogP contribution is -2.51. The average Bonchev–Trinajstić information content (AvgIpc) is 3.38. The number of carbonyl (C=O) groups is 4. The number of urea groups is 1. The number of benzene rings is 1. The molecule has 0 bridgehead atoms. The van der Waals surface area contributed by atoms with E-state index in [1.807, 2.05) is 24.3 Å². The van der Waals surface area contributed by atoms with E-state index >= 15 is 0 Å². The van der Waals surface area contributed by atoms with Gasteiger partial charge in [0, 0.05) is 31.5 Å². The average molecular weight is 458 g/mol. The van der Waals surface area contributed by atoms with E-state index in [0.717, 1.165) is 36.5 Å². The molecule has 0 aromatic heterocycles. The molecule has 3 fully saturated rings. The number of imide groups is 1. The molecule has 1 aliphatic carbocycles. The van der Waals surface area contributed by atoms with Gasteiger partial charge in [0.25, 0.3) is 5.91 Å². The van der Waals surface area contributed by atoms with E-state index in [-0.39, 0.29) is 18.4 Å². The lowest BCUT2D eigenvalue weighted by Gasteiger charge is -2.29. The standard InChI is InChI=1S/C23H31N5O5/c1-16(28-21(31)23(25-22(28)32)9-3-4-10-23)20(30)26(2)15-19(29)24-17-5-7-18(8-6-17)27-11-13-33-14-12-27/h5-8,16H,3-4,9-15H2,1-2H3,(H,24,29)(H,25,32).